The van der Waals surface area contributed by atoms with Crippen molar-refractivity contribution in [2.45, 2.75) is 19.0 Å². The standard InChI is InChI=1S/C29H32N8O4/c1-40-24-7-3-21(4-8-24)18-32-27(38)17-23-19-35(26-11-12-31-28(34-26)36-14-13-30-20-36)15-16-37(23)29(39)33-22-5-9-25(41-2)10-6-22/h3-14,20,23H,15-19H2,1-2H3,(H,32,38)(H,33,39). The number of nitrogens with zero attached hydrogens (tertiary/aromatic N) is 6. The van der Waals surface area contributed by atoms with E-state index in [1.165, 1.54) is 0 Å². The first-order chi connectivity index (χ1) is 20.0. The molecule has 12 heteroatoms. The molecule has 212 valence electrons. The van der Waals surface area contributed by atoms with E-state index in [4.69, 9.17) is 14.5 Å². The average molecular weight is 557 g/mol. The van der Waals surface area contributed by atoms with E-state index in [0.29, 0.717) is 49.4 Å². The SMILES string of the molecule is COc1ccc(CNC(=O)CC2CN(c3ccnc(-n4ccnc4)n3)CCN2C(=O)Nc2ccc(OC)cc2)cc1. The van der Waals surface area contributed by atoms with E-state index in [9.17, 15) is 9.59 Å². The molecule has 2 aromatic carbocycles. The number of ether oxygens (including phenoxy) is 2. The first-order valence-corrected chi connectivity index (χ1v) is 13.2. The number of urea groups is 1. The van der Waals surface area contributed by atoms with Gasteiger partial charge in [0.25, 0.3) is 0 Å². The van der Waals surface area contributed by atoms with Crippen molar-refractivity contribution >= 4 is 23.4 Å². The van der Waals surface area contributed by atoms with Crippen LogP contribution in [-0.4, -0.2) is 76.3 Å². The summed E-state index contributed by atoms with van der Waals surface area (Å²) < 4.78 is 12.1. The maximum Gasteiger partial charge on any atom is 0.322 e. The number of piperazine rings is 1. The second-order valence-corrected chi connectivity index (χ2v) is 9.47. The maximum atomic E-state index is 13.4. The predicted molar refractivity (Wildman–Crippen MR) is 153 cm³/mol. The zero-order valence-electron chi connectivity index (χ0n) is 22.9. The molecule has 1 saturated heterocycles. The Labute approximate surface area is 237 Å². The summed E-state index contributed by atoms with van der Waals surface area (Å²) in [6.45, 7) is 1.74. The van der Waals surface area contributed by atoms with Gasteiger partial charge in [-0.2, -0.15) is 4.98 Å². The summed E-state index contributed by atoms with van der Waals surface area (Å²) in [4.78, 5) is 43.4. The second-order valence-electron chi connectivity index (χ2n) is 9.47. The summed E-state index contributed by atoms with van der Waals surface area (Å²) in [6.07, 6.45) is 6.89. The van der Waals surface area contributed by atoms with E-state index in [1.54, 1.807) is 72.9 Å². The van der Waals surface area contributed by atoms with E-state index in [-0.39, 0.29) is 18.4 Å². The summed E-state index contributed by atoms with van der Waals surface area (Å²) in [7, 11) is 3.20. The molecule has 2 aromatic heterocycles. The van der Waals surface area contributed by atoms with Crippen LogP contribution in [-0.2, 0) is 11.3 Å². The maximum absolute atomic E-state index is 13.4. The second kappa shape index (κ2) is 12.8. The van der Waals surface area contributed by atoms with Gasteiger partial charge in [-0.25, -0.2) is 14.8 Å². The molecular weight excluding hydrogens is 524 g/mol. The van der Waals surface area contributed by atoms with Crippen LogP contribution >= 0.6 is 0 Å². The van der Waals surface area contributed by atoms with Gasteiger partial charge in [0, 0.05) is 56.9 Å². The zero-order valence-corrected chi connectivity index (χ0v) is 22.9. The van der Waals surface area contributed by atoms with Gasteiger partial charge >= 0.3 is 6.03 Å². The molecule has 2 N–H and O–H groups in total. The lowest BCUT2D eigenvalue weighted by Crippen LogP contribution is -2.57. The Morgan fingerprint density at radius 1 is 0.951 bits per heavy atom. The Morgan fingerprint density at radius 3 is 2.37 bits per heavy atom. The van der Waals surface area contributed by atoms with Gasteiger partial charge in [0.2, 0.25) is 11.9 Å². The number of hydrogen-bond donors (Lipinski definition) is 2. The van der Waals surface area contributed by atoms with Gasteiger partial charge in [-0.05, 0) is 48.0 Å². The lowest BCUT2D eigenvalue weighted by atomic mass is 10.1. The summed E-state index contributed by atoms with van der Waals surface area (Å²) in [6, 6.07) is 15.8. The highest BCUT2D eigenvalue weighted by Crippen LogP contribution is 2.22. The highest BCUT2D eigenvalue weighted by atomic mass is 16.5. The number of rotatable bonds is 9. The topological polar surface area (TPSA) is 127 Å². The first kappa shape index (κ1) is 27.4. The van der Waals surface area contributed by atoms with Gasteiger partial charge in [-0.3, -0.25) is 9.36 Å². The molecule has 1 atom stereocenters. The number of anilines is 2. The Morgan fingerprint density at radius 2 is 1.68 bits per heavy atom. The Balaban J connectivity index is 1.30. The minimum absolute atomic E-state index is 0.127. The number of methoxy groups -OCH3 is 2. The number of carbonyl (C=O) groups excluding carboxylic acids is 2. The number of nitrogens with one attached hydrogen (secondary N) is 2. The Hall–Kier alpha value is -5.13. The summed E-state index contributed by atoms with van der Waals surface area (Å²) >= 11 is 0. The van der Waals surface area contributed by atoms with E-state index < -0.39 is 6.04 Å². The molecule has 0 saturated carbocycles. The van der Waals surface area contributed by atoms with Gasteiger partial charge in [-0.15, -0.1) is 0 Å². The molecule has 41 heavy (non-hydrogen) atoms. The average Bonchev–Trinajstić information content (AvgIpc) is 3.56. The molecule has 1 aliphatic heterocycles. The molecular formula is C29H32N8O4. The van der Waals surface area contributed by atoms with Crippen molar-refractivity contribution in [2.75, 3.05) is 44.1 Å². The highest BCUT2D eigenvalue weighted by molar-refractivity contribution is 5.90. The van der Waals surface area contributed by atoms with Crippen LogP contribution in [0.2, 0.25) is 0 Å². The summed E-state index contributed by atoms with van der Waals surface area (Å²) in [5.74, 6) is 2.50. The van der Waals surface area contributed by atoms with Gasteiger partial charge in [0.1, 0.15) is 23.6 Å². The van der Waals surface area contributed by atoms with E-state index in [0.717, 1.165) is 11.3 Å². The summed E-state index contributed by atoms with van der Waals surface area (Å²) in [5, 5.41) is 5.93. The number of amides is 3. The number of aromatic nitrogens is 4. The lowest BCUT2D eigenvalue weighted by Gasteiger charge is -2.41. The van der Waals surface area contributed by atoms with Crippen LogP contribution in [0, 0.1) is 0 Å². The van der Waals surface area contributed by atoms with Crippen LogP contribution in [0.3, 0.4) is 0 Å². The third kappa shape index (κ3) is 6.90. The molecule has 0 spiro atoms. The largest absolute Gasteiger partial charge is 0.497 e. The fraction of sp³-hybridized carbons (Fsp3) is 0.276. The molecule has 12 nitrogen and oxygen atoms in total. The Kier molecular flexibility index (Phi) is 8.58. The molecule has 4 aromatic rings. The van der Waals surface area contributed by atoms with E-state index in [1.807, 2.05) is 30.3 Å². The van der Waals surface area contributed by atoms with E-state index in [2.05, 4.69) is 25.5 Å². The van der Waals surface area contributed by atoms with Crippen LogP contribution in [0.15, 0.2) is 79.5 Å². The molecule has 0 bridgehead atoms. The monoisotopic (exact) mass is 556 g/mol. The van der Waals surface area contributed by atoms with Crippen molar-refractivity contribution in [2.24, 2.45) is 0 Å². The predicted octanol–water partition coefficient (Wildman–Crippen LogP) is 3.11. The first-order valence-electron chi connectivity index (χ1n) is 13.2. The quantitative estimate of drug-likeness (QED) is 0.322. The van der Waals surface area contributed by atoms with Gasteiger partial charge < -0.3 is 29.9 Å². The van der Waals surface area contributed by atoms with Crippen molar-refractivity contribution < 1.29 is 19.1 Å². The normalized spacial score (nSPS) is 14.8. The summed E-state index contributed by atoms with van der Waals surface area (Å²) in [5.41, 5.74) is 1.59. The van der Waals surface area contributed by atoms with Crippen LogP contribution in [0.25, 0.3) is 5.95 Å². The van der Waals surface area contributed by atoms with Crippen molar-refractivity contribution in [3.63, 3.8) is 0 Å². The van der Waals surface area contributed by atoms with Gasteiger partial charge in [0.05, 0.1) is 20.3 Å². The number of imidazole rings is 1. The molecule has 1 aliphatic rings. The van der Waals surface area contributed by atoms with Crippen molar-refractivity contribution in [3.8, 4) is 17.4 Å². The van der Waals surface area contributed by atoms with Crippen LogP contribution in [0.5, 0.6) is 11.5 Å². The fourth-order valence-corrected chi connectivity index (χ4v) is 4.62. The number of benzene rings is 2. The number of hydrogen-bond acceptors (Lipinski definition) is 8. The van der Waals surface area contributed by atoms with Crippen LogP contribution in [0.4, 0.5) is 16.3 Å². The molecule has 1 unspecified atom stereocenters. The highest BCUT2D eigenvalue weighted by Gasteiger charge is 2.33. The van der Waals surface area contributed by atoms with Crippen LogP contribution in [0.1, 0.15) is 12.0 Å². The van der Waals surface area contributed by atoms with Crippen molar-refractivity contribution in [3.05, 3.63) is 85.1 Å². The Bertz CT molecular complexity index is 1440. The third-order valence-electron chi connectivity index (χ3n) is 6.84. The third-order valence-corrected chi connectivity index (χ3v) is 6.84. The fourth-order valence-electron chi connectivity index (χ4n) is 4.62. The molecule has 3 heterocycles. The smallest absolute Gasteiger partial charge is 0.322 e. The lowest BCUT2D eigenvalue weighted by molar-refractivity contribution is -0.122. The molecule has 5 rings (SSSR count). The minimum Gasteiger partial charge on any atom is -0.497 e. The van der Waals surface area contributed by atoms with E-state index >= 15 is 0 Å². The van der Waals surface area contributed by atoms with Crippen molar-refractivity contribution in [1.82, 2.24) is 29.7 Å². The number of carbonyl (C=O) groups is 2. The van der Waals surface area contributed by atoms with Crippen molar-refractivity contribution in [1.29, 1.82) is 0 Å². The molecule has 1 fully saturated rings. The van der Waals surface area contributed by atoms with Gasteiger partial charge in [0.15, 0.2) is 0 Å². The minimum atomic E-state index is -0.399. The van der Waals surface area contributed by atoms with Crippen LogP contribution < -0.4 is 25.0 Å². The van der Waals surface area contributed by atoms with Gasteiger partial charge in [-0.1, -0.05) is 12.1 Å². The molecule has 0 radical (unpaired) electrons. The molecule has 3 amide bonds. The molecule has 0 aliphatic carbocycles. The zero-order chi connectivity index (χ0) is 28.6.